The minimum atomic E-state index is -0.513. The van der Waals surface area contributed by atoms with Crippen molar-refractivity contribution in [2.75, 3.05) is 6.61 Å². The highest BCUT2D eigenvalue weighted by Gasteiger charge is 2.15. The number of nitrogens with zero attached hydrogens (tertiary/aromatic N) is 1. The van der Waals surface area contributed by atoms with Crippen LogP contribution in [0.3, 0.4) is 0 Å². The standard InChI is InChI=1S/C25H18Br2ClFN2O4/c1-2-33-21-8-14(7-19(28)24(21)34-13-15-5-3-4-6-20(15)29)12-30-31-25(32)22-10-16-9-17(26)11-18(27)23(16)35-22/h3-12H,2,13H2,1H3,(H,31,32)/b30-12-. The van der Waals surface area contributed by atoms with Gasteiger partial charge >= 0.3 is 5.91 Å². The predicted molar refractivity (Wildman–Crippen MR) is 140 cm³/mol. The van der Waals surface area contributed by atoms with Crippen molar-refractivity contribution < 1.29 is 23.1 Å². The number of hydrazone groups is 1. The summed E-state index contributed by atoms with van der Waals surface area (Å²) >= 11 is 13.2. The molecule has 0 aliphatic heterocycles. The monoisotopic (exact) mass is 622 g/mol. The largest absolute Gasteiger partial charge is 0.490 e. The van der Waals surface area contributed by atoms with Crippen molar-refractivity contribution >= 4 is 66.6 Å². The number of rotatable bonds is 8. The number of fused-ring (bicyclic) bond motifs is 1. The van der Waals surface area contributed by atoms with Crippen molar-refractivity contribution in [1.29, 1.82) is 0 Å². The molecule has 1 aromatic heterocycles. The van der Waals surface area contributed by atoms with Gasteiger partial charge < -0.3 is 13.9 Å². The minimum absolute atomic E-state index is 0.0137. The maximum absolute atomic E-state index is 13.9. The molecule has 0 spiro atoms. The van der Waals surface area contributed by atoms with E-state index in [1.807, 2.05) is 19.1 Å². The van der Waals surface area contributed by atoms with Crippen LogP contribution < -0.4 is 14.9 Å². The first-order chi connectivity index (χ1) is 16.9. The maximum Gasteiger partial charge on any atom is 0.307 e. The van der Waals surface area contributed by atoms with Gasteiger partial charge in [-0.25, -0.2) is 9.82 Å². The van der Waals surface area contributed by atoms with Crippen LogP contribution in [0.4, 0.5) is 4.39 Å². The van der Waals surface area contributed by atoms with Crippen molar-refractivity contribution in [1.82, 2.24) is 5.43 Å². The Balaban J connectivity index is 1.48. The van der Waals surface area contributed by atoms with Crippen LogP contribution in [0.1, 0.15) is 28.6 Å². The molecule has 0 aliphatic rings. The summed E-state index contributed by atoms with van der Waals surface area (Å²) in [4.78, 5) is 12.5. The summed E-state index contributed by atoms with van der Waals surface area (Å²) in [6.45, 7) is 2.17. The molecule has 0 bridgehead atoms. The normalized spacial score (nSPS) is 11.2. The zero-order chi connectivity index (χ0) is 24.9. The fourth-order valence-electron chi connectivity index (χ4n) is 3.24. The number of ether oxygens (including phenoxy) is 2. The fourth-order valence-corrected chi connectivity index (χ4v) is 4.85. The molecule has 4 rings (SSSR count). The number of amides is 1. The van der Waals surface area contributed by atoms with E-state index in [4.69, 9.17) is 25.5 Å². The van der Waals surface area contributed by atoms with Gasteiger partial charge in [0.15, 0.2) is 17.3 Å². The van der Waals surface area contributed by atoms with Crippen LogP contribution in [-0.4, -0.2) is 18.7 Å². The van der Waals surface area contributed by atoms with Crippen LogP contribution in [0.15, 0.2) is 73.1 Å². The molecule has 4 aromatic rings. The molecule has 3 aromatic carbocycles. The molecular formula is C25H18Br2ClFN2O4. The summed E-state index contributed by atoms with van der Waals surface area (Å²) in [7, 11) is 0. The van der Waals surface area contributed by atoms with Gasteiger partial charge in [-0.1, -0.05) is 45.7 Å². The van der Waals surface area contributed by atoms with E-state index in [0.717, 1.165) is 14.3 Å². The lowest BCUT2D eigenvalue weighted by Crippen LogP contribution is -2.16. The van der Waals surface area contributed by atoms with Crippen LogP contribution in [0.5, 0.6) is 11.5 Å². The van der Waals surface area contributed by atoms with E-state index in [9.17, 15) is 9.18 Å². The van der Waals surface area contributed by atoms with E-state index < -0.39 is 5.91 Å². The van der Waals surface area contributed by atoms with Crippen molar-refractivity contribution in [2.45, 2.75) is 13.5 Å². The summed E-state index contributed by atoms with van der Waals surface area (Å²) in [5.41, 5.74) is 3.95. The Labute approximate surface area is 222 Å². The number of hydrogen-bond donors (Lipinski definition) is 1. The lowest BCUT2D eigenvalue weighted by molar-refractivity contribution is 0.0929. The Kier molecular flexibility index (Phi) is 8.10. The predicted octanol–water partition coefficient (Wildman–Crippen LogP) is 7.49. The molecule has 0 unspecified atom stereocenters. The summed E-state index contributed by atoms with van der Waals surface area (Å²) in [5.74, 6) is -0.110. The molecule has 1 heterocycles. The second-order valence-electron chi connectivity index (χ2n) is 7.26. The van der Waals surface area contributed by atoms with Gasteiger partial charge in [-0.05, 0) is 64.8 Å². The Morgan fingerprint density at radius 2 is 1.97 bits per heavy atom. The molecule has 0 fully saturated rings. The van der Waals surface area contributed by atoms with Gasteiger partial charge in [0.05, 0.1) is 22.3 Å². The number of carbonyl (C=O) groups is 1. The zero-order valence-corrected chi connectivity index (χ0v) is 22.2. The third-order valence-electron chi connectivity index (χ3n) is 4.80. The number of halogens is 4. The molecule has 0 aliphatic carbocycles. The van der Waals surface area contributed by atoms with Gasteiger partial charge in [-0.2, -0.15) is 5.10 Å². The molecule has 6 nitrogen and oxygen atoms in total. The summed E-state index contributed by atoms with van der Waals surface area (Å²) in [5, 5.41) is 5.02. The molecular weight excluding hydrogens is 607 g/mol. The first-order valence-corrected chi connectivity index (χ1v) is 12.4. The lowest BCUT2D eigenvalue weighted by Gasteiger charge is -2.14. The van der Waals surface area contributed by atoms with E-state index in [1.165, 1.54) is 12.3 Å². The highest BCUT2D eigenvalue weighted by molar-refractivity contribution is 9.11. The van der Waals surface area contributed by atoms with Crippen molar-refractivity contribution in [2.24, 2.45) is 5.10 Å². The fraction of sp³-hybridized carbons (Fsp3) is 0.120. The molecule has 35 heavy (non-hydrogen) atoms. The molecule has 0 saturated heterocycles. The second-order valence-corrected chi connectivity index (χ2v) is 9.44. The van der Waals surface area contributed by atoms with Gasteiger partial charge in [-0.15, -0.1) is 0 Å². The van der Waals surface area contributed by atoms with E-state index >= 15 is 0 Å². The SMILES string of the molecule is CCOc1cc(/C=N\NC(=O)c2cc3cc(Br)cc(Br)c3o2)cc(Cl)c1OCc1ccccc1F. The molecule has 1 amide bonds. The van der Waals surface area contributed by atoms with E-state index in [1.54, 1.807) is 36.4 Å². The lowest BCUT2D eigenvalue weighted by atomic mass is 10.2. The topological polar surface area (TPSA) is 73.1 Å². The van der Waals surface area contributed by atoms with Gasteiger partial charge in [0.25, 0.3) is 0 Å². The molecule has 10 heteroatoms. The molecule has 0 atom stereocenters. The van der Waals surface area contributed by atoms with Crippen molar-refractivity contribution in [3.8, 4) is 11.5 Å². The van der Waals surface area contributed by atoms with Gasteiger partial charge in [0.2, 0.25) is 0 Å². The summed E-state index contributed by atoms with van der Waals surface area (Å²) in [6.07, 6.45) is 1.42. The van der Waals surface area contributed by atoms with E-state index in [2.05, 4.69) is 42.4 Å². The summed E-state index contributed by atoms with van der Waals surface area (Å²) in [6, 6.07) is 14.9. The van der Waals surface area contributed by atoms with Gasteiger partial charge in [0.1, 0.15) is 18.0 Å². The number of benzene rings is 3. The van der Waals surface area contributed by atoms with Gasteiger partial charge in [-0.3, -0.25) is 4.79 Å². The Morgan fingerprint density at radius 3 is 2.74 bits per heavy atom. The van der Waals surface area contributed by atoms with Gasteiger partial charge in [0, 0.05) is 15.4 Å². The average molecular weight is 625 g/mol. The molecule has 0 saturated carbocycles. The number of hydrogen-bond acceptors (Lipinski definition) is 5. The van der Waals surface area contributed by atoms with Crippen molar-refractivity contribution in [3.05, 3.63) is 91.3 Å². The summed E-state index contributed by atoms with van der Waals surface area (Å²) < 4.78 is 32.5. The van der Waals surface area contributed by atoms with E-state index in [-0.39, 0.29) is 29.0 Å². The average Bonchev–Trinajstić information content (AvgIpc) is 3.24. The maximum atomic E-state index is 13.9. The van der Waals surface area contributed by atoms with Crippen LogP contribution in [0.25, 0.3) is 11.0 Å². The molecule has 1 N–H and O–H groups in total. The second kappa shape index (κ2) is 11.2. The highest BCUT2D eigenvalue weighted by atomic mass is 79.9. The number of furan rings is 1. The van der Waals surface area contributed by atoms with Crippen LogP contribution in [0.2, 0.25) is 5.02 Å². The van der Waals surface area contributed by atoms with Crippen molar-refractivity contribution in [3.63, 3.8) is 0 Å². The number of carbonyl (C=O) groups excluding carboxylic acids is 1. The minimum Gasteiger partial charge on any atom is -0.490 e. The zero-order valence-electron chi connectivity index (χ0n) is 18.3. The smallest absolute Gasteiger partial charge is 0.307 e. The van der Waals surface area contributed by atoms with E-state index in [0.29, 0.717) is 29.1 Å². The van der Waals surface area contributed by atoms with Crippen LogP contribution in [0, 0.1) is 5.82 Å². The molecule has 180 valence electrons. The number of nitrogens with one attached hydrogen (secondary N) is 1. The first kappa shape index (κ1) is 25.2. The quantitative estimate of drug-likeness (QED) is 0.163. The third-order valence-corrected chi connectivity index (χ3v) is 6.13. The Hall–Kier alpha value is -2.88. The van der Waals surface area contributed by atoms with Crippen LogP contribution >= 0.6 is 43.5 Å². The Morgan fingerprint density at radius 1 is 1.17 bits per heavy atom. The molecule has 0 radical (unpaired) electrons. The first-order valence-electron chi connectivity index (χ1n) is 10.4. The van der Waals surface area contributed by atoms with Crippen LogP contribution in [-0.2, 0) is 6.61 Å². The highest BCUT2D eigenvalue weighted by Crippen LogP contribution is 2.37. The Bertz CT molecular complexity index is 1420. The third kappa shape index (κ3) is 6.04.